The highest BCUT2D eigenvalue weighted by molar-refractivity contribution is 6.44. The minimum Gasteiger partial charge on any atom is -0.314 e. The predicted octanol–water partition coefficient (Wildman–Crippen LogP) is 0.695. The number of piperazine rings is 1. The van der Waals surface area contributed by atoms with E-state index in [2.05, 4.69) is 10.2 Å². The van der Waals surface area contributed by atoms with Crippen molar-refractivity contribution in [3.8, 4) is 0 Å². The summed E-state index contributed by atoms with van der Waals surface area (Å²) in [5.74, 6) is 0. The molecule has 0 spiro atoms. The van der Waals surface area contributed by atoms with Crippen LogP contribution in [0.1, 0.15) is 0 Å². The maximum atomic E-state index is 5.61. The molecule has 0 atom stereocenters. The van der Waals surface area contributed by atoms with E-state index < -0.39 is 0 Å². The lowest BCUT2D eigenvalue weighted by molar-refractivity contribution is 0.250. The molecular weight excluding hydrogens is 171 g/mol. The number of hydrogen-bond acceptors (Lipinski definition) is 2. The maximum absolute atomic E-state index is 5.61. The van der Waals surface area contributed by atoms with Gasteiger partial charge in [0.05, 0.1) is 0 Å². The van der Waals surface area contributed by atoms with Crippen LogP contribution in [0.4, 0.5) is 0 Å². The first kappa shape index (κ1) is 8.60. The molecule has 1 aliphatic rings. The third kappa shape index (κ3) is 3.06. The number of nitrogens with zero attached hydrogens (tertiary/aromatic N) is 1. The number of rotatable bonds is 2. The molecule has 2 nitrogen and oxygen atoms in total. The lowest BCUT2D eigenvalue weighted by Crippen LogP contribution is -2.44. The highest BCUT2D eigenvalue weighted by atomic mass is 35.5. The van der Waals surface area contributed by atoms with E-state index in [9.17, 15) is 0 Å². The van der Waals surface area contributed by atoms with Gasteiger partial charge in [-0.05, 0) is 0 Å². The molecule has 1 fully saturated rings. The van der Waals surface area contributed by atoms with Gasteiger partial charge in [0, 0.05) is 32.7 Å². The number of hydrogen-bond donors (Lipinski definition) is 1. The van der Waals surface area contributed by atoms with Gasteiger partial charge in [-0.1, -0.05) is 0 Å². The first-order chi connectivity index (χ1) is 4.79. The molecule has 0 aliphatic carbocycles. The zero-order valence-electron chi connectivity index (χ0n) is 5.82. The van der Waals surface area contributed by atoms with Crippen LogP contribution in [0.2, 0.25) is 0 Å². The second kappa shape index (κ2) is 4.39. The molecule has 0 aromatic carbocycles. The van der Waals surface area contributed by atoms with Crippen molar-refractivity contribution in [2.75, 3.05) is 32.7 Å². The van der Waals surface area contributed by atoms with E-state index in [1.807, 2.05) is 0 Å². The molecule has 1 heterocycles. The van der Waals surface area contributed by atoms with Crippen molar-refractivity contribution in [3.05, 3.63) is 0 Å². The second-order valence-corrected chi connectivity index (χ2v) is 3.72. The van der Waals surface area contributed by atoms with E-state index in [0.29, 0.717) is 0 Å². The van der Waals surface area contributed by atoms with E-state index in [-0.39, 0.29) is 4.84 Å². The van der Waals surface area contributed by atoms with Crippen molar-refractivity contribution in [2.45, 2.75) is 4.84 Å². The molecule has 4 heteroatoms. The Hall–Kier alpha value is 0.500. The molecule has 0 saturated carbocycles. The van der Waals surface area contributed by atoms with Gasteiger partial charge in [-0.25, -0.2) is 0 Å². The van der Waals surface area contributed by atoms with Gasteiger partial charge in [-0.2, -0.15) is 0 Å². The highest BCUT2D eigenvalue weighted by Gasteiger charge is 2.11. The Morgan fingerprint density at radius 3 is 2.40 bits per heavy atom. The molecule has 1 aliphatic heterocycles. The van der Waals surface area contributed by atoms with Crippen LogP contribution < -0.4 is 5.32 Å². The van der Waals surface area contributed by atoms with Crippen molar-refractivity contribution < 1.29 is 0 Å². The largest absolute Gasteiger partial charge is 0.314 e. The minimum atomic E-state index is -0.238. The summed E-state index contributed by atoms with van der Waals surface area (Å²) in [7, 11) is 0. The van der Waals surface area contributed by atoms with Gasteiger partial charge in [0.1, 0.15) is 4.84 Å². The summed E-state index contributed by atoms with van der Waals surface area (Å²) in [4.78, 5) is 2.03. The van der Waals surface area contributed by atoms with Crippen LogP contribution in [-0.4, -0.2) is 42.5 Å². The fourth-order valence-electron chi connectivity index (χ4n) is 1.09. The molecule has 0 amide bonds. The molecule has 0 bridgehead atoms. The molecule has 60 valence electrons. The van der Waals surface area contributed by atoms with Crippen LogP contribution in [0.25, 0.3) is 0 Å². The Bertz CT molecular complexity index is 91.7. The summed E-state index contributed by atoms with van der Waals surface area (Å²) < 4.78 is 0. The van der Waals surface area contributed by atoms with E-state index >= 15 is 0 Å². The Balaban J connectivity index is 2.13. The molecular formula is C6H12Cl2N2. The summed E-state index contributed by atoms with van der Waals surface area (Å²) in [5.41, 5.74) is 0. The Labute approximate surface area is 71.5 Å². The standard InChI is InChI=1S/C6H12Cl2N2/c7-6(8)5-10-3-1-9-2-4-10/h6,9H,1-5H2. The molecule has 1 N–H and O–H groups in total. The summed E-state index contributed by atoms with van der Waals surface area (Å²) in [5, 5.41) is 3.26. The average Bonchev–Trinajstić information content (AvgIpc) is 1.88. The smallest absolute Gasteiger partial charge is 0.120 e. The van der Waals surface area contributed by atoms with Crippen LogP contribution >= 0.6 is 23.2 Å². The summed E-state index contributed by atoms with van der Waals surface area (Å²) in [6.45, 7) is 5.04. The van der Waals surface area contributed by atoms with E-state index in [0.717, 1.165) is 32.7 Å². The van der Waals surface area contributed by atoms with E-state index in [1.165, 1.54) is 0 Å². The van der Waals surface area contributed by atoms with Crippen LogP contribution in [0, 0.1) is 0 Å². The molecule has 10 heavy (non-hydrogen) atoms. The van der Waals surface area contributed by atoms with Gasteiger partial charge in [0.2, 0.25) is 0 Å². The third-order valence-electron chi connectivity index (χ3n) is 1.61. The van der Waals surface area contributed by atoms with Crippen molar-refractivity contribution in [3.63, 3.8) is 0 Å². The number of alkyl halides is 2. The zero-order chi connectivity index (χ0) is 7.40. The topological polar surface area (TPSA) is 15.3 Å². The summed E-state index contributed by atoms with van der Waals surface area (Å²) >= 11 is 11.2. The maximum Gasteiger partial charge on any atom is 0.120 e. The normalized spacial score (nSPS) is 21.9. The molecule has 0 radical (unpaired) electrons. The second-order valence-electron chi connectivity index (χ2n) is 2.44. The molecule has 1 rings (SSSR count). The monoisotopic (exact) mass is 182 g/mol. The minimum absolute atomic E-state index is 0.238. The average molecular weight is 183 g/mol. The van der Waals surface area contributed by atoms with Crippen LogP contribution in [0.3, 0.4) is 0 Å². The Morgan fingerprint density at radius 1 is 1.30 bits per heavy atom. The SMILES string of the molecule is ClC(Cl)CN1CCNCC1. The predicted molar refractivity (Wildman–Crippen MR) is 44.8 cm³/mol. The van der Waals surface area contributed by atoms with Gasteiger partial charge in [0.15, 0.2) is 0 Å². The van der Waals surface area contributed by atoms with Crippen molar-refractivity contribution >= 4 is 23.2 Å². The fraction of sp³-hybridized carbons (Fsp3) is 1.00. The van der Waals surface area contributed by atoms with Crippen molar-refractivity contribution in [1.82, 2.24) is 10.2 Å². The van der Waals surface area contributed by atoms with Crippen molar-refractivity contribution in [2.24, 2.45) is 0 Å². The van der Waals surface area contributed by atoms with Crippen LogP contribution in [-0.2, 0) is 0 Å². The van der Waals surface area contributed by atoms with Crippen LogP contribution in [0.15, 0.2) is 0 Å². The first-order valence-corrected chi connectivity index (χ1v) is 4.37. The van der Waals surface area contributed by atoms with Gasteiger partial charge >= 0.3 is 0 Å². The third-order valence-corrected chi connectivity index (χ3v) is 1.88. The lowest BCUT2D eigenvalue weighted by Gasteiger charge is -2.27. The van der Waals surface area contributed by atoms with Gasteiger partial charge < -0.3 is 5.32 Å². The zero-order valence-corrected chi connectivity index (χ0v) is 7.33. The Kier molecular flexibility index (Phi) is 3.78. The van der Waals surface area contributed by atoms with E-state index in [4.69, 9.17) is 23.2 Å². The summed E-state index contributed by atoms with van der Waals surface area (Å²) in [6.07, 6.45) is 0. The first-order valence-electron chi connectivity index (χ1n) is 3.50. The molecule has 0 aromatic heterocycles. The quantitative estimate of drug-likeness (QED) is 0.634. The van der Waals surface area contributed by atoms with Gasteiger partial charge in [-0.3, -0.25) is 4.90 Å². The highest BCUT2D eigenvalue weighted by Crippen LogP contribution is 2.04. The van der Waals surface area contributed by atoms with Gasteiger partial charge in [0.25, 0.3) is 0 Å². The van der Waals surface area contributed by atoms with Crippen LogP contribution in [0.5, 0.6) is 0 Å². The fourth-order valence-corrected chi connectivity index (χ4v) is 1.48. The summed E-state index contributed by atoms with van der Waals surface area (Å²) in [6, 6.07) is 0. The van der Waals surface area contributed by atoms with Crippen molar-refractivity contribution in [1.29, 1.82) is 0 Å². The van der Waals surface area contributed by atoms with Gasteiger partial charge in [-0.15, -0.1) is 23.2 Å². The number of halogens is 2. The Morgan fingerprint density at radius 2 is 1.90 bits per heavy atom. The van der Waals surface area contributed by atoms with E-state index in [1.54, 1.807) is 0 Å². The molecule has 0 unspecified atom stereocenters. The molecule has 1 saturated heterocycles. The molecule has 0 aromatic rings. The lowest BCUT2D eigenvalue weighted by atomic mass is 10.4. The number of nitrogens with one attached hydrogen (secondary N) is 1.